The van der Waals surface area contributed by atoms with Gasteiger partial charge >= 0.3 is 6.18 Å². The van der Waals surface area contributed by atoms with Crippen LogP contribution in [-0.2, 0) is 19.2 Å². The highest BCUT2D eigenvalue weighted by atomic mass is 19.4. The normalized spacial score (nSPS) is 35.6. The molecule has 0 saturated heterocycles. The van der Waals surface area contributed by atoms with E-state index in [9.17, 15) is 13.2 Å². The fraction of sp³-hybridized carbons (Fsp3) is 0.667. The van der Waals surface area contributed by atoms with Crippen LogP contribution in [0, 0.1) is 0 Å². The SMILES string of the molecule is [2H]C1([2H])NC([2H])([2H])C([2H])([2H])n2c(C(F)(F)F)nnc21. The minimum Gasteiger partial charge on any atom is -0.308 e. The van der Waals surface area contributed by atoms with Crippen LogP contribution in [-0.4, -0.2) is 21.3 Å². The van der Waals surface area contributed by atoms with E-state index < -0.39 is 37.3 Å². The summed E-state index contributed by atoms with van der Waals surface area (Å²) < 4.78 is 82.4. The van der Waals surface area contributed by atoms with E-state index in [2.05, 4.69) is 10.2 Å². The predicted octanol–water partition coefficient (Wildman–Crippen LogP) is 0.400. The molecule has 0 unspecified atom stereocenters. The number of fused-ring (bicyclic) bond motifs is 1. The highest BCUT2D eigenvalue weighted by Crippen LogP contribution is 2.28. The predicted molar refractivity (Wildman–Crippen MR) is 36.7 cm³/mol. The van der Waals surface area contributed by atoms with Crippen LogP contribution in [0.3, 0.4) is 0 Å². The highest BCUT2D eigenvalue weighted by Gasteiger charge is 2.38. The number of alkyl halides is 3. The second-order valence-electron chi connectivity index (χ2n) is 2.17. The van der Waals surface area contributed by atoms with Crippen LogP contribution < -0.4 is 5.32 Å². The molecule has 1 aliphatic rings. The Hall–Kier alpha value is -1.11. The fourth-order valence-corrected chi connectivity index (χ4v) is 0.826. The van der Waals surface area contributed by atoms with E-state index in [0.717, 1.165) is 0 Å². The standard InChI is InChI=1S/C6H7F3N4/c7-6(8,9)5-12-11-4-3-10-1-2-13(4)5/h10H,1-3H2/i1D2,2D2,3D2. The molecule has 13 heavy (non-hydrogen) atoms. The minimum atomic E-state index is -5.08. The van der Waals surface area contributed by atoms with Crippen molar-refractivity contribution in [1.82, 2.24) is 20.1 Å². The molecule has 0 aromatic carbocycles. The molecule has 0 atom stereocenters. The second kappa shape index (κ2) is 2.69. The molecular formula is C6H7F3N4. The van der Waals surface area contributed by atoms with Crippen LogP contribution in [0.15, 0.2) is 0 Å². The number of halogens is 3. The Balaban J connectivity index is 2.78. The number of aromatic nitrogens is 3. The van der Waals surface area contributed by atoms with Crippen LogP contribution >= 0.6 is 0 Å². The summed E-state index contributed by atoms with van der Waals surface area (Å²) in [7, 11) is 0. The summed E-state index contributed by atoms with van der Waals surface area (Å²) in [5, 5.41) is 7.36. The van der Waals surface area contributed by atoms with E-state index in [4.69, 9.17) is 8.22 Å². The zero-order chi connectivity index (χ0) is 14.9. The molecule has 7 heteroatoms. The van der Waals surface area contributed by atoms with Crippen molar-refractivity contribution in [3.63, 3.8) is 0 Å². The molecule has 2 heterocycles. The smallest absolute Gasteiger partial charge is 0.308 e. The third-order valence-electron chi connectivity index (χ3n) is 1.32. The van der Waals surface area contributed by atoms with E-state index >= 15 is 0 Å². The van der Waals surface area contributed by atoms with Gasteiger partial charge in [-0.1, -0.05) is 0 Å². The first-order valence-corrected chi connectivity index (χ1v) is 3.13. The maximum atomic E-state index is 12.7. The van der Waals surface area contributed by atoms with Crippen LogP contribution in [0.5, 0.6) is 0 Å². The van der Waals surface area contributed by atoms with Crippen molar-refractivity contribution in [3.8, 4) is 0 Å². The van der Waals surface area contributed by atoms with Gasteiger partial charge in [-0.25, -0.2) is 0 Å². The van der Waals surface area contributed by atoms with Crippen LogP contribution in [0.4, 0.5) is 13.2 Å². The zero-order valence-corrected chi connectivity index (χ0v) is 5.98. The molecular weight excluding hydrogens is 185 g/mol. The van der Waals surface area contributed by atoms with Gasteiger partial charge in [-0.2, -0.15) is 13.2 Å². The largest absolute Gasteiger partial charge is 0.451 e. The van der Waals surface area contributed by atoms with Gasteiger partial charge in [0, 0.05) is 15.7 Å². The number of nitrogens with zero attached hydrogens (tertiary/aromatic N) is 3. The van der Waals surface area contributed by atoms with Crippen LogP contribution in [0.25, 0.3) is 0 Å². The lowest BCUT2D eigenvalue weighted by atomic mass is 10.4. The Morgan fingerprint density at radius 2 is 2.23 bits per heavy atom. The molecule has 72 valence electrons. The summed E-state index contributed by atoms with van der Waals surface area (Å²) in [6.45, 7) is -9.07. The third-order valence-corrected chi connectivity index (χ3v) is 1.32. The maximum absolute atomic E-state index is 12.7. The molecule has 0 bridgehead atoms. The maximum Gasteiger partial charge on any atom is 0.451 e. The first-order chi connectivity index (χ1) is 8.31. The summed E-state index contributed by atoms with van der Waals surface area (Å²) in [5.74, 6) is -2.76. The van der Waals surface area contributed by atoms with Crippen LogP contribution in [0.1, 0.15) is 19.9 Å². The first kappa shape index (κ1) is 3.95. The summed E-state index contributed by atoms with van der Waals surface area (Å²) in [6, 6.07) is 0. The van der Waals surface area contributed by atoms with Gasteiger partial charge < -0.3 is 9.88 Å². The average molecular weight is 198 g/mol. The summed E-state index contributed by atoms with van der Waals surface area (Å²) >= 11 is 0. The highest BCUT2D eigenvalue weighted by molar-refractivity contribution is 5.01. The Labute approximate surface area is 80.2 Å². The van der Waals surface area contributed by atoms with Crippen molar-refractivity contribution in [3.05, 3.63) is 11.6 Å². The minimum absolute atomic E-state index is 0.191. The molecule has 0 aliphatic carbocycles. The van der Waals surface area contributed by atoms with E-state index in [-0.39, 0.29) is 4.57 Å². The van der Waals surface area contributed by atoms with Gasteiger partial charge in [0.05, 0.1) is 12.0 Å². The molecule has 0 spiro atoms. The molecule has 0 radical (unpaired) electrons. The summed E-state index contributed by atoms with van der Waals surface area (Å²) in [4.78, 5) is 0. The quantitative estimate of drug-likeness (QED) is 0.656. The molecule has 0 amide bonds. The second-order valence-corrected chi connectivity index (χ2v) is 2.17. The lowest BCUT2D eigenvalue weighted by molar-refractivity contribution is -0.147. The van der Waals surface area contributed by atoms with Crippen molar-refractivity contribution in [1.29, 1.82) is 0 Å². The van der Waals surface area contributed by atoms with Crippen molar-refractivity contribution in [2.75, 3.05) is 6.50 Å². The monoisotopic (exact) mass is 198 g/mol. The van der Waals surface area contributed by atoms with E-state index in [1.807, 2.05) is 0 Å². The van der Waals surface area contributed by atoms with E-state index in [0.29, 0.717) is 0 Å². The van der Waals surface area contributed by atoms with Gasteiger partial charge in [0.25, 0.3) is 0 Å². The van der Waals surface area contributed by atoms with Crippen molar-refractivity contribution in [2.24, 2.45) is 0 Å². The lowest BCUT2D eigenvalue weighted by Crippen LogP contribution is -2.30. The molecule has 1 N–H and O–H groups in total. The Kier molecular flexibility index (Phi) is 0.818. The third kappa shape index (κ3) is 1.39. The number of hydrogen-bond donors (Lipinski definition) is 1. The zero-order valence-electron chi connectivity index (χ0n) is 12.0. The molecule has 1 aromatic heterocycles. The van der Waals surface area contributed by atoms with Crippen molar-refractivity contribution in [2.45, 2.75) is 19.2 Å². The molecule has 2 rings (SSSR count). The summed E-state index contributed by atoms with van der Waals surface area (Å²) in [6.07, 6.45) is -5.08. The number of hydrogen-bond acceptors (Lipinski definition) is 3. The van der Waals surface area contributed by atoms with E-state index in [1.54, 1.807) is 5.32 Å². The van der Waals surface area contributed by atoms with Crippen molar-refractivity contribution >= 4 is 0 Å². The fourth-order valence-electron chi connectivity index (χ4n) is 0.826. The van der Waals surface area contributed by atoms with Crippen molar-refractivity contribution < 1.29 is 21.4 Å². The Bertz CT molecular complexity index is 510. The van der Waals surface area contributed by atoms with Gasteiger partial charge in [0.1, 0.15) is 5.82 Å². The number of nitrogens with one attached hydrogen (secondary N) is 1. The van der Waals surface area contributed by atoms with Gasteiger partial charge in [0.2, 0.25) is 5.82 Å². The van der Waals surface area contributed by atoms with Gasteiger partial charge in [0.15, 0.2) is 0 Å². The molecule has 4 nitrogen and oxygen atoms in total. The van der Waals surface area contributed by atoms with Crippen LogP contribution in [0.2, 0.25) is 0 Å². The summed E-state index contributed by atoms with van der Waals surface area (Å²) in [5.41, 5.74) is 0. The molecule has 0 saturated carbocycles. The molecule has 1 aromatic rings. The van der Waals surface area contributed by atoms with Gasteiger partial charge in [-0.05, 0) is 0 Å². The number of rotatable bonds is 0. The van der Waals surface area contributed by atoms with E-state index in [1.165, 1.54) is 0 Å². The molecule has 1 aliphatic heterocycles. The topological polar surface area (TPSA) is 42.7 Å². The molecule has 0 fully saturated rings. The lowest BCUT2D eigenvalue weighted by Gasteiger charge is -2.16. The Morgan fingerprint density at radius 1 is 1.46 bits per heavy atom. The average Bonchev–Trinajstić information content (AvgIpc) is 2.57. The van der Waals surface area contributed by atoms with Gasteiger partial charge in [-0.3, -0.25) is 0 Å². The van der Waals surface area contributed by atoms with Gasteiger partial charge in [-0.15, -0.1) is 10.2 Å². The first-order valence-electron chi connectivity index (χ1n) is 6.13. The Morgan fingerprint density at radius 3 is 2.92 bits per heavy atom.